The average molecular weight is 401 g/mol. The Labute approximate surface area is 173 Å². The summed E-state index contributed by atoms with van der Waals surface area (Å²) in [6.07, 6.45) is 0. The summed E-state index contributed by atoms with van der Waals surface area (Å²) in [5.74, 6) is 0.319. The third kappa shape index (κ3) is 4.30. The molecule has 0 atom stereocenters. The number of amides is 1. The van der Waals surface area contributed by atoms with Crippen LogP contribution >= 0.6 is 0 Å². The molecule has 0 spiro atoms. The summed E-state index contributed by atoms with van der Waals surface area (Å²) < 4.78 is 10.6. The number of benzene rings is 3. The van der Waals surface area contributed by atoms with E-state index in [0.29, 0.717) is 28.4 Å². The molecule has 7 heteroatoms. The minimum Gasteiger partial charge on any atom is -0.505 e. The standard InChI is InChI=1S/C23H19N3O4/c1-15-6-5-9-17(12-15)24-23(28)21(22(27)16-7-3-2-4-8-16)26-25-18-10-11-19-20(13-18)30-14-29-19/h2-13,27H,14H2,1H3,(H,24,28)/b22-21-,26-25?. The number of ether oxygens (including phenoxy) is 2. The molecule has 1 amide bonds. The number of aliphatic hydroxyl groups excluding tert-OH is 1. The van der Waals surface area contributed by atoms with Gasteiger partial charge in [-0.2, -0.15) is 5.11 Å². The van der Waals surface area contributed by atoms with E-state index in [4.69, 9.17) is 9.47 Å². The van der Waals surface area contributed by atoms with Crippen molar-refractivity contribution in [3.8, 4) is 11.5 Å². The number of nitrogens with one attached hydrogen (secondary N) is 1. The Morgan fingerprint density at radius 3 is 2.57 bits per heavy atom. The Kier molecular flexibility index (Phi) is 5.43. The first kappa shape index (κ1) is 19.2. The fourth-order valence-electron chi connectivity index (χ4n) is 2.90. The van der Waals surface area contributed by atoms with Crippen LogP contribution in [-0.4, -0.2) is 17.8 Å². The van der Waals surface area contributed by atoms with E-state index in [1.807, 2.05) is 31.2 Å². The lowest BCUT2D eigenvalue weighted by Crippen LogP contribution is -2.15. The third-order valence-electron chi connectivity index (χ3n) is 4.38. The van der Waals surface area contributed by atoms with E-state index in [9.17, 15) is 9.90 Å². The van der Waals surface area contributed by atoms with Crippen molar-refractivity contribution in [1.29, 1.82) is 0 Å². The van der Waals surface area contributed by atoms with E-state index in [1.165, 1.54) is 0 Å². The molecular weight excluding hydrogens is 382 g/mol. The second-order valence-electron chi connectivity index (χ2n) is 6.62. The zero-order chi connectivity index (χ0) is 20.9. The minimum atomic E-state index is -0.577. The summed E-state index contributed by atoms with van der Waals surface area (Å²) in [4.78, 5) is 12.9. The molecule has 30 heavy (non-hydrogen) atoms. The summed E-state index contributed by atoms with van der Waals surface area (Å²) in [6, 6.07) is 21.1. The van der Waals surface area contributed by atoms with E-state index in [0.717, 1.165) is 5.56 Å². The number of hydrogen-bond acceptors (Lipinski definition) is 6. The number of nitrogens with zero attached hydrogens (tertiary/aromatic N) is 2. The molecule has 7 nitrogen and oxygen atoms in total. The Morgan fingerprint density at radius 2 is 1.77 bits per heavy atom. The predicted octanol–water partition coefficient (Wildman–Crippen LogP) is 5.37. The van der Waals surface area contributed by atoms with Crippen LogP contribution in [0.1, 0.15) is 11.1 Å². The van der Waals surface area contributed by atoms with Crippen molar-refractivity contribution in [2.75, 3.05) is 12.1 Å². The van der Waals surface area contributed by atoms with Crippen molar-refractivity contribution in [2.45, 2.75) is 6.92 Å². The number of carbonyl (C=O) groups excluding carboxylic acids is 1. The van der Waals surface area contributed by atoms with Crippen LogP contribution < -0.4 is 14.8 Å². The van der Waals surface area contributed by atoms with Gasteiger partial charge in [0.2, 0.25) is 6.79 Å². The van der Waals surface area contributed by atoms with Gasteiger partial charge in [-0.3, -0.25) is 4.79 Å². The Morgan fingerprint density at radius 1 is 0.967 bits per heavy atom. The maximum atomic E-state index is 12.9. The third-order valence-corrected chi connectivity index (χ3v) is 4.38. The molecule has 0 fully saturated rings. The number of fused-ring (bicyclic) bond motifs is 1. The second kappa shape index (κ2) is 8.48. The van der Waals surface area contributed by atoms with Gasteiger partial charge in [0.15, 0.2) is 23.0 Å². The number of carbonyl (C=O) groups is 1. The van der Waals surface area contributed by atoms with Crippen LogP contribution in [0, 0.1) is 6.92 Å². The highest BCUT2D eigenvalue weighted by Crippen LogP contribution is 2.35. The van der Waals surface area contributed by atoms with Crippen molar-refractivity contribution >= 4 is 23.0 Å². The summed E-state index contributed by atoms with van der Waals surface area (Å²) in [5, 5.41) is 21.7. The summed E-state index contributed by atoms with van der Waals surface area (Å²) in [6.45, 7) is 2.07. The van der Waals surface area contributed by atoms with Crippen LogP contribution in [0.2, 0.25) is 0 Å². The van der Waals surface area contributed by atoms with Crippen LogP contribution in [0.5, 0.6) is 11.5 Å². The molecular formula is C23H19N3O4. The largest absolute Gasteiger partial charge is 0.505 e. The van der Waals surface area contributed by atoms with E-state index < -0.39 is 5.91 Å². The van der Waals surface area contributed by atoms with E-state index in [-0.39, 0.29) is 18.2 Å². The van der Waals surface area contributed by atoms with Crippen molar-refractivity contribution in [3.05, 3.63) is 89.6 Å². The molecule has 3 aromatic rings. The Balaban J connectivity index is 1.67. The zero-order valence-electron chi connectivity index (χ0n) is 16.2. The molecule has 1 aliphatic rings. The SMILES string of the molecule is Cc1cccc(NC(=O)/C(N=Nc2ccc3c(c2)OCO3)=C(/O)c2ccccc2)c1. The lowest BCUT2D eigenvalue weighted by atomic mass is 10.1. The molecule has 0 saturated carbocycles. The lowest BCUT2D eigenvalue weighted by molar-refractivity contribution is -0.112. The molecule has 0 aromatic heterocycles. The number of hydrogen-bond donors (Lipinski definition) is 2. The molecule has 1 aliphatic heterocycles. The topological polar surface area (TPSA) is 92.5 Å². The molecule has 2 N–H and O–H groups in total. The van der Waals surface area contributed by atoms with Gasteiger partial charge in [0.05, 0.1) is 5.69 Å². The Bertz CT molecular complexity index is 1140. The van der Waals surface area contributed by atoms with Gasteiger partial charge in [0, 0.05) is 17.3 Å². The fourth-order valence-corrected chi connectivity index (χ4v) is 2.90. The summed E-state index contributed by atoms with van der Waals surface area (Å²) >= 11 is 0. The highest BCUT2D eigenvalue weighted by molar-refractivity contribution is 6.07. The number of azo groups is 1. The van der Waals surface area contributed by atoms with Crippen molar-refractivity contribution in [3.63, 3.8) is 0 Å². The first-order chi connectivity index (χ1) is 14.6. The molecule has 0 radical (unpaired) electrons. The van der Waals surface area contributed by atoms with Gasteiger partial charge in [-0.05, 0) is 36.8 Å². The average Bonchev–Trinajstić information content (AvgIpc) is 3.22. The minimum absolute atomic E-state index is 0.148. The summed E-state index contributed by atoms with van der Waals surface area (Å²) in [5.41, 5.74) is 2.29. The lowest BCUT2D eigenvalue weighted by Gasteiger charge is -2.08. The van der Waals surface area contributed by atoms with E-state index >= 15 is 0 Å². The van der Waals surface area contributed by atoms with Gasteiger partial charge in [-0.1, -0.05) is 42.5 Å². The van der Waals surface area contributed by atoms with E-state index in [1.54, 1.807) is 48.5 Å². The first-order valence-electron chi connectivity index (χ1n) is 9.28. The van der Waals surface area contributed by atoms with Gasteiger partial charge >= 0.3 is 0 Å². The predicted molar refractivity (Wildman–Crippen MR) is 113 cm³/mol. The molecule has 0 bridgehead atoms. The van der Waals surface area contributed by atoms with Crippen LogP contribution in [0.15, 0.2) is 88.7 Å². The fraction of sp³-hybridized carbons (Fsp3) is 0.0870. The summed E-state index contributed by atoms with van der Waals surface area (Å²) in [7, 11) is 0. The van der Waals surface area contributed by atoms with Gasteiger partial charge in [-0.15, -0.1) is 5.11 Å². The quantitative estimate of drug-likeness (QED) is 0.341. The van der Waals surface area contributed by atoms with Crippen molar-refractivity contribution in [1.82, 2.24) is 0 Å². The van der Waals surface area contributed by atoms with Crippen LogP contribution in [-0.2, 0) is 4.79 Å². The number of rotatable bonds is 5. The monoisotopic (exact) mass is 401 g/mol. The smallest absolute Gasteiger partial charge is 0.280 e. The van der Waals surface area contributed by atoms with Gasteiger partial charge in [-0.25, -0.2) is 0 Å². The normalized spacial score (nSPS) is 13.2. The first-order valence-corrected chi connectivity index (χ1v) is 9.28. The van der Waals surface area contributed by atoms with Crippen LogP contribution in [0.25, 0.3) is 5.76 Å². The number of aryl methyl sites for hydroxylation is 1. The molecule has 1 heterocycles. The van der Waals surface area contributed by atoms with Crippen molar-refractivity contribution in [2.24, 2.45) is 10.2 Å². The maximum absolute atomic E-state index is 12.9. The Hall–Kier alpha value is -4.13. The molecule has 0 aliphatic carbocycles. The zero-order valence-corrected chi connectivity index (χ0v) is 16.2. The van der Waals surface area contributed by atoms with Crippen LogP contribution in [0.4, 0.5) is 11.4 Å². The van der Waals surface area contributed by atoms with E-state index in [2.05, 4.69) is 15.5 Å². The van der Waals surface area contributed by atoms with Gasteiger partial charge in [0.25, 0.3) is 5.91 Å². The number of aliphatic hydroxyl groups is 1. The second-order valence-corrected chi connectivity index (χ2v) is 6.62. The molecule has 3 aromatic carbocycles. The maximum Gasteiger partial charge on any atom is 0.280 e. The highest BCUT2D eigenvalue weighted by Gasteiger charge is 2.18. The molecule has 0 unspecified atom stereocenters. The van der Waals surface area contributed by atoms with Crippen LogP contribution in [0.3, 0.4) is 0 Å². The highest BCUT2D eigenvalue weighted by atomic mass is 16.7. The molecule has 4 rings (SSSR count). The molecule has 150 valence electrons. The van der Waals surface area contributed by atoms with Gasteiger partial charge < -0.3 is 19.9 Å². The van der Waals surface area contributed by atoms with Crippen molar-refractivity contribution < 1.29 is 19.4 Å². The molecule has 0 saturated heterocycles. The van der Waals surface area contributed by atoms with Gasteiger partial charge in [0.1, 0.15) is 0 Å². The number of anilines is 1.